The average Bonchev–Trinajstić information content (AvgIpc) is 2.64. The molecule has 0 saturated carbocycles. The van der Waals surface area contributed by atoms with Gasteiger partial charge in [0.25, 0.3) is 0 Å². The molecule has 1 heterocycles. The first-order valence-corrected chi connectivity index (χ1v) is 4.10. The van der Waals surface area contributed by atoms with Crippen molar-refractivity contribution in [3.05, 3.63) is 12.2 Å². The molecule has 1 aromatic heterocycles. The van der Waals surface area contributed by atoms with Crippen LogP contribution in [0.25, 0.3) is 0 Å². The Kier molecular flexibility index (Phi) is 3.74. The number of rotatable bonds is 4. The van der Waals surface area contributed by atoms with E-state index >= 15 is 0 Å². The number of hydrogen-bond acceptors (Lipinski definition) is 4. The second-order valence-electron chi connectivity index (χ2n) is 2.46. The van der Waals surface area contributed by atoms with Crippen LogP contribution in [0.2, 0.25) is 0 Å². The van der Waals surface area contributed by atoms with Gasteiger partial charge in [-0.05, 0) is 6.42 Å². The van der Waals surface area contributed by atoms with Crippen LogP contribution >= 0.6 is 0 Å². The molecule has 0 saturated heterocycles. The quantitative estimate of drug-likeness (QED) is 0.704. The van der Waals surface area contributed by atoms with E-state index in [9.17, 15) is 4.79 Å². The molecule has 6 heteroatoms. The smallest absolute Gasteiger partial charge is 0.315 e. The van der Waals surface area contributed by atoms with Crippen LogP contribution in [-0.4, -0.2) is 22.7 Å². The minimum atomic E-state index is -0.216. The molecule has 72 valence electrons. The first-order valence-electron chi connectivity index (χ1n) is 4.10. The number of nitrogens with zero attached hydrogens (tertiary/aromatic N) is 2. The van der Waals surface area contributed by atoms with E-state index in [1.807, 2.05) is 6.92 Å². The molecule has 1 aromatic rings. The van der Waals surface area contributed by atoms with E-state index in [-0.39, 0.29) is 12.6 Å². The molecule has 0 aromatic carbocycles. The maximum absolute atomic E-state index is 11.0. The van der Waals surface area contributed by atoms with E-state index in [0.29, 0.717) is 12.4 Å². The molecule has 0 unspecified atom stereocenters. The lowest BCUT2D eigenvalue weighted by Gasteiger charge is -2.03. The minimum absolute atomic E-state index is 0.216. The summed E-state index contributed by atoms with van der Waals surface area (Å²) in [6.45, 7) is 2.93. The zero-order chi connectivity index (χ0) is 9.52. The highest BCUT2D eigenvalue weighted by Crippen LogP contribution is 1.85. The Morgan fingerprint density at radius 2 is 2.46 bits per heavy atom. The second kappa shape index (κ2) is 5.13. The lowest BCUT2D eigenvalue weighted by atomic mass is 10.5. The summed E-state index contributed by atoms with van der Waals surface area (Å²) in [7, 11) is 0. The van der Waals surface area contributed by atoms with Crippen molar-refractivity contribution >= 4 is 6.03 Å². The molecule has 2 amide bonds. The average molecular weight is 184 g/mol. The predicted molar refractivity (Wildman–Crippen MR) is 44.8 cm³/mol. The fourth-order valence-electron chi connectivity index (χ4n) is 0.731. The van der Waals surface area contributed by atoms with Gasteiger partial charge in [-0.3, -0.25) is 0 Å². The third-order valence-electron chi connectivity index (χ3n) is 1.35. The second-order valence-corrected chi connectivity index (χ2v) is 2.46. The minimum Gasteiger partial charge on any atom is -0.343 e. The van der Waals surface area contributed by atoms with Gasteiger partial charge in [0.15, 0.2) is 5.82 Å². The predicted octanol–water partition coefficient (Wildman–Crippen LogP) is 0.279. The Morgan fingerprint density at radius 1 is 1.62 bits per heavy atom. The van der Waals surface area contributed by atoms with Crippen LogP contribution in [-0.2, 0) is 6.54 Å². The van der Waals surface area contributed by atoms with Gasteiger partial charge in [0, 0.05) is 6.54 Å². The highest BCUT2D eigenvalue weighted by Gasteiger charge is 2.01. The van der Waals surface area contributed by atoms with Crippen molar-refractivity contribution < 1.29 is 9.32 Å². The van der Waals surface area contributed by atoms with Crippen molar-refractivity contribution in [2.24, 2.45) is 0 Å². The molecule has 0 fully saturated rings. The number of aromatic nitrogens is 2. The molecule has 2 N–H and O–H groups in total. The molecular formula is C7H12N4O2. The molecule has 0 radical (unpaired) electrons. The van der Waals surface area contributed by atoms with Gasteiger partial charge in [0.1, 0.15) is 0 Å². The summed E-state index contributed by atoms with van der Waals surface area (Å²) < 4.78 is 4.50. The van der Waals surface area contributed by atoms with Crippen molar-refractivity contribution in [3.63, 3.8) is 0 Å². The zero-order valence-electron chi connectivity index (χ0n) is 7.41. The van der Waals surface area contributed by atoms with Crippen molar-refractivity contribution in [2.75, 3.05) is 6.54 Å². The summed E-state index contributed by atoms with van der Waals surface area (Å²) >= 11 is 0. The Morgan fingerprint density at radius 3 is 3.08 bits per heavy atom. The molecule has 0 spiro atoms. The first-order chi connectivity index (χ1) is 6.33. The number of hydrogen-bond donors (Lipinski definition) is 2. The van der Waals surface area contributed by atoms with Crippen molar-refractivity contribution in [3.8, 4) is 0 Å². The maximum Gasteiger partial charge on any atom is 0.315 e. The maximum atomic E-state index is 11.0. The first kappa shape index (κ1) is 9.50. The van der Waals surface area contributed by atoms with Crippen molar-refractivity contribution in [2.45, 2.75) is 19.9 Å². The van der Waals surface area contributed by atoms with Gasteiger partial charge in [-0.2, -0.15) is 4.98 Å². The standard InChI is InChI=1S/C7H12N4O2/c1-2-3-8-7(12)9-4-6-10-5-13-11-6/h5H,2-4H2,1H3,(H2,8,9,12). The lowest BCUT2D eigenvalue weighted by Crippen LogP contribution is -2.35. The van der Waals surface area contributed by atoms with E-state index in [0.717, 1.165) is 6.42 Å². The van der Waals surface area contributed by atoms with Crippen LogP contribution < -0.4 is 10.6 Å². The van der Waals surface area contributed by atoms with Crippen LogP contribution in [0, 0.1) is 0 Å². The van der Waals surface area contributed by atoms with Crippen LogP contribution in [0.4, 0.5) is 4.79 Å². The van der Waals surface area contributed by atoms with Gasteiger partial charge in [-0.15, -0.1) is 0 Å². The van der Waals surface area contributed by atoms with E-state index in [1.165, 1.54) is 6.39 Å². The van der Waals surface area contributed by atoms with Crippen LogP contribution in [0.1, 0.15) is 19.2 Å². The Balaban J connectivity index is 2.15. The molecule has 0 atom stereocenters. The third-order valence-corrected chi connectivity index (χ3v) is 1.35. The normalized spacial score (nSPS) is 9.62. The molecule has 0 aliphatic rings. The Hall–Kier alpha value is -1.59. The van der Waals surface area contributed by atoms with Crippen LogP contribution in [0.3, 0.4) is 0 Å². The van der Waals surface area contributed by atoms with Gasteiger partial charge in [0.2, 0.25) is 6.39 Å². The van der Waals surface area contributed by atoms with Gasteiger partial charge in [0.05, 0.1) is 6.54 Å². The molecule has 0 aliphatic heterocycles. The number of urea groups is 1. The lowest BCUT2D eigenvalue weighted by molar-refractivity contribution is 0.240. The van der Waals surface area contributed by atoms with E-state index in [2.05, 4.69) is 25.3 Å². The van der Waals surface area contributed by atoms with Crippen molar-refractivity contribution in [1.29, 1.82) is 0 Å². The summed E-state index contributed by atoms with van der Waals surface area (Å²) in [5.41, 5.74) is 0. The fraction of sp³-hybridized carbons (Fsp3) is 0.571. The summed E-state index contributed by atoms with van der Waals surface area (Å²) in [6.07, 6.45) is 2.14. The number of carbonyl (C=O) groups excluding carboxylic acids is 1. The number of amides is 2. The summed E-state index contributed by atoms with van der Waals surface area (Å²) in [5, 5.41) is 8.78. The van der Waals surface area contributed by atoms with Crippen molar-refractivity contribution in [1.82, 2.24) is 20.8 Å². The molecule has 13 heavy (non-hydrogen) atoms. The zero-order valence-corrected chi connectivity index (χ0v) is 7.41. The van der Waals surface area contributed by atoms with Crippen LogP contribution in [0.5, 0.6) is 0 Å². The van der Waals surface area contributed by atoms with Gasteiger partial charge < -0.3 is 15.2 Å². The molecular weight excluding hydrogens is 172 g/mol. The van der Waals surface area contributed by atoms with E-state index in [4.69, 9.17) is 0 Å². The summed E-state index contributed by atoms with van der Waals surface area (Å²) in [5.74, 6) is 0.464. The molecule has 1 rings (SSSR count). The van der Waals surface area contributed by atoms with E-state index in [1.54, 1.807) is 0 Å². The molecule has 0 aliphatic carbocycles. The highest BCUT2D eigenvalue weighted by molar-refractivity contribution is 5.73. The fourth-order valence-corrected chi connectivity index (χ4v) is 0.731. The Labute approximate surface area is 75.7 Å². The third kappa shape index (κ3) is 3.55. The molecule has 0 bridgehead atoms. The highest BCUT2D eigenvalue weighted by atomic mass is 16.5. The van der Waals surface area contributed by atoms with Gasteiger partial charge >= 0.3 is 6.03 Å². The topological polar surface area (TPSA) is 80.0 Å². The SMILES string of the molecule is CCCNC(=O)NCc1ncon1. The summed E-state index contributed by atoms with van der Waals surface area (Å²) in [4.78, 5) is 14.7. The number of carbonyl (C=O) groups is 1. The largest absolute Gasteiger partial charge is 0.343 e. The van der Waals surface area contributed by atoms with E-state index < -0.39 is 0 Å². The van der Waals surface area contributed by atoms with Crippen LogP contribution in [0.15, 0.2) is 10.9 Å². The number of nitrogens with one attached hydrogen (secondary N) is 2. The van der Waals surface area contributed by atoms with Gasteiger partial charge in [-0.25, -0.2) is 4.79 Å². The van der Waals surface area contributed by atoms with Gasteiger partial charge in [-0.1, -0.05) is 12.1 Å². The Bertz CT molecular complexity index is 247. The summed E-state index contributed by atoms with van der Waals surface area (Å²) in [6, 6.07) is -0.216. The monoisotopic (exact) mass is 184 g/mol. The molecule has 6 nitrogen and oxygen atoms in total.